The Labute approximate surface area is 174 Å². The zero-order valence-corrected chi connectivity index (χ0v) is 17.4. The van der Waals surface area contributed by atoms with Crippen LogP contribution >= 0.6 is 11.8 Å². The molecule has 29 heavy (non-hydrogen) atoms. The highest BCUT2D eigenvalue weighted by Gasteiger charge is 2.27. The minimum atomic E-state index is -0.350. The van der Waals surface area contributed by atoms with Gasteiger partial charge in [0.25, 0.3) is 0 Å². The van der Waals surface area contributed by atoms with E-state index in [0.717, 1.165) is 34.3 Å². The van der Waals surface area contributed by atoms with E-state index in [0.29, 0.717) is 18.7 Å². The van der Waals surface area contributed by atoms with Crippen molar-refractivity contribution in [2.45, 2.75) is 30.9 Å². The minimum Gasteiger partial charge on any atom is -0.465 e. The number of hydrogen-bond donors (Lipinski definition) is 1. The second-order valence-electron chi connectivity index (χ2n) is 7.28. The van der Waals surface area contributed by atoms with Crippen molar-refractivity contribution < 1.29 is 14.3 Å². The minimum absolute atomic E-state index is 0.104. The first-order valence-electron chi connectivity index (χ1n) is 9.73. The van der Waals surface area contributed by atoms with Gasteiger partial charge in [-0.1, -0.05) is 30.3 Å². The van der Waals surface area contributed by atoms with Crippen molar-refractivity contribution in [3.05, 3.63) is 70.9 Å². The molecule has 0 aliphatic carbocycles. The molecule has 0 fully saturated rings. The van der Waals surface area contributed by atoms with Crippen LogP contribution in [0.5, 0.6) is 0 Å². The van der Waals surface area contributed by atoms with Crippen molar-refractivity contribution in [2.24, 2.45) is 0 Å². The first-order chi connectivity index (χ1) is 14.1. The number of fused-ring (bicyclic) bond motifs is 3. The molecule has 0 spiro atoms. The molecule has 4 rings (SSSR count). The summed E-state index contributed by atoms with van der Waals surface area (Å²) in [5.74, 6) is 0.633. The van der Waals surface area contributed by atoms with Gasteiger partial charge in [0.05, 0.1) is 17.9 Å². The van der Waals surface area contributed by atoms with Gasteiger partial charge in [-0.15, -0.1) is 11.8 Å². The Morgan fingerprint density at radius 1 is 1.21 bits per heavy atom. The molecule has 2 heterocycles. The monoisotopic (exact) mass is 408 g/mol. The van der Waals surface area contributed by atoms with Gasteiger partial charge in [0.2, 0.25) is 5.91 Å². The zero-order chi connectivity index (χ0) is 20.4. The highest BCUT2D eigenvalue weighted by atomic mass is 32.2. The Bertz CT molecular complexity index is 1040. The van der Waals surface area contributed by atoms with Crippen LogP contribution in [-0.4, -0.2) is 40.7 Å². The van der Waals surface area contributed by atoms with Gasteiger partial charge >= 0.3 is 5.97 Å². The second-order valence-corrected chi connectivity index (χ2v) is 8.61. The number of hydrogen-bond acceptors (Lipinski definition) is 4. The van der Waals surface area contributed by atoms with Gasteiger partial charge in [-0.05, 0) is 30.7 Å². The topological polar surface area (TPSA) is 62.4 Å². The van der Waals surface area contributed by atoms with E-state index < -0.39 is 0 Å². The van der Waals surface area contributed by atoms with E-state index >= 15 is 0 Å². The van der Waals surface area contributed by atoms with Crippen LogP contribution in [0.3, 0.4) is 0 Å². The molecule has 0 radical (unpaired) electrons. The Morgan fingerprint density at radius 2 is 2.00 bits per heavy atom. The van der Waals surface area contributed by atoms with Crippen molar-refractivity contribution >= 4 is 34.5 Å². The Morgan fingerprint density at radius 3 is 2.76 bits per heavy atom. The smallest absolute Gasteiger partial charge is 0.337 e. The number of nitrogens with one attached hydrogen (secondary N) is 1. The summed E-state index contributed by atoms with van der Waals surface area (Å²) in [6.07, 6.45) is 0.791. The highest BCUT2D eigenvalue weighted by Crippen LogP contribution is 2.30. The van der Waals surface area contributed by atoms with Gasteiger partial charge < -0.3 is 14.6 Å². The van der Waals surface area contributed by atoms with E-state index in [1.54, 1.807) is 17.8 Å². The molecule has 1 aliphatic rings. The van der Waals surface area contributed by atoms with Crippen LogP contribution in [0.25, 0.3) is 10.9 Å². The molecule has 2 aromatic carbocycles. The number of carbonyl (C=O) groups is 2. The molecule has 6 heteroatoms. The largest absolute Gasteiger partial charge is 0.465 e. The molecule has 0 saturated carbocycles. The maximum atomic E-state index is 13.0. The Balaban J connectivity index is 1.49. The zero-order valence-electron chi connectivity index (χ0n) is 16.6. The summed E-state index contributed by atoms with van der Waals surface area (Å²) in [5, 5.41) is 0.887. The summed E-state index contributed by atoms with van der Waals surface area (Å²) in [4.78, 5) is 30.3. The number of methoxy groups -OCH3 is 1. The summed E-state index contributed by atoms with van der Waals surface area (Å²) < 4.78 is 4.84. The van der Waals surface area contributed by atoms with Crippen molar-refractivity contribution in [3.63, 3.8) is 0 Å². The van der Waals surface area contributed by atoms with Gasteiger partial charge in [-0.2, -0.15) is 0 Å². The third kappa shape index (κ3) is 4.03. The first-order valence-corrected chi connectivity index (χ1v) is 10.8. The van der Waals surface area contributed by atoms with Gasteiger partial charge in [-0.3, -0.25) is 4.79 Å². The second kappa shape index (κ2) is 8.33. The number of ether oxygens (including phenoxy) is 1. The third-order valence-corrected chi connectivity index (χ3v) is 6.60. The van der Waals surface area contributed by atoms with E-state index in [9.17, 15) is 9.59 Å². The number of benzene rings is 2. The fourth-order valence-electron chi connectivity index (χ4n) is 3.77. The number of carbonyl (C=O) groups excluding carboxylic acids is 2. The number of thioether (sulfide) groups is 1. The van der Waals surface area contributed by atoms with Gasteiger partial charge in [0.1, 0.15) is 0 Å². The maximum absolute atomic E-state index is 13.0. The molecule has 1 unspecified atom stereocenters. The van der Waals surface area contributed by atoms with Crippen LogP contribution in [-0.2, 0) is 28.2 Å². The first kappa shape index (κ1) is 19.6. The fourth-order valence-corrected chi connectivity index (χ4v) is 4.70. The molecule has 0 bridgehead atoms. The molecule has 1 aliphatic heterocycles. The predicted octanol–water partition coefficient (Wildman–Crippen LogP) is 4.16. The van der Waals surface area contributed by atoms with Crippen molar-refractivity contribution in [2.75, 3.05) is 13.7 Å². The molecule has 1 atom stereocenters. The predicted molar refractivity (Wildman–Crippen MR) is 116 cm³/mol. The molecular formula is C23H24N2O3S. The lowest BCUT2D eigenvalue weighted by atomic mass is 10.0. The molecule has 5 nitrogen and oxygen atoms in total. The quantitative estimate of drug-likeness (QED) is 0.644. The van der Waals surface area contributed by atoms with E-state index in [1.165, 1.54) is 12.7 Å². The number of nitrogens with zero attached hydrogens (tertiary/aromatic N) is 1. The van der Waals surface area contributed by atoms with E-state index in [4.69, 9.17) is 4.74 Å². The summed E-state index contributed by atoms with van der Waals surface area (Å²) in [7, 11) is 1.38. The third-order valence-electron chi connectivity index (χ3n) is 5.40. The van der Waals surface area contributed by atoms with E-state index in [1.807, 2.05) is 42.2 Å². The summed E-state index contributed by atoms with van der Waals surface area (Å²) in [5.41, 5.74) is 4.99. The van der Waals surface area contributed by atoms with Crippen LogP contribution in [0.4, 0.5) is 0 Å². The Kier molecular flexibility index (Phi) is 5.62. The van der Waals surface area contributed by atoms with Gasteiger partial charge in [0.15, 0.2) is 0 Å². The molecule has 3 aromatic rings. The number of aromatic nitrogens is 1. The molecule has 150 valence electrons. The number of esters is 1. The number of rotatable bonds is 5. The number of H-pyrrole nitrogens is 1. The molecule has 1 amide bonds. The molecule has 0 saturated heterocycles. The lowest BCUT2D eigenvalue weighted by Gasteiger charge is -2.29. The van der Waals surface area contributed by atoms with Crippen LogP contribution in [0.1, 0.15) is 34.1 Å². The van der Waals surface area contributed by atoms with Crippen LogP contribution in [0, 0.1) is 0 Å². The van der Waals surface area contributed by atoms with Crippen molar-refractivity contribution in [1.82, 2.24) is 9.88 Å². The fraction of sp³-hybridized carbons (Fsp3) is 0.304. The molecule has 1 N–H and O–H groups in total. The lowest BCUT2D eigenvalue weighted by molar-refractivity contribution is -0.131. The van der Waals surface area contributed by atoms with E-state index in [-0.39, 0.29) is 17.1 Å². The number of aromatic amines is 1. The summed E-state index contributed by atoms with van der Waals surface area (Å²) in [6, 6.07) is 15.7. The normalized spacial score (nSPS) is 14.5. The molecular weight excluding hydrogens is 384 g/mol. The molecule has 1 aromatic heterocycles. The van der Waals surface area contributed by atoms with Crippen LogP contribution in [0.2, 0.25) is 0 Å². The summed E-state index contributed by atoms with van der Waals surface area (Å²) >= 11 is 1.67. The standard InChI is InChI=1S/C23H24N2O3S/c1-15(29-14-16-6-4-3-5-7-16)22(26)25-11-10-21-19(13-25)18-12-17(23(27)28-2)8-9-20(18)24-21/h3-9,12,15,24H,10-11,13-14H2,1-2H3. The summed E-state index contributed by atoms with van der Waals surface area (Å²) in [6.45, 7) is 3.25. The highest BCUT2D eigenvalue weighted by molar-refractivity contribution is 7.99. The SMILES string of the molecule is COC(=O)c1ccc2[nH]c3c(c2c1)CN(C(=O)C(C)SCc1ccccc1)CC3. The van der Waals surface area contributed by atoms with Gasteiger partial charge in [0, 0.05) is 47.4 Å². The average Bonchev–Trinajstić information content (AvgIpc) is 3.14. The van der Waals surface area contributed by atoms with Crippen LogP contribution < -0.4 is 0 Å². The van der Waals surface area contributed by atoms with Gasteiger partial charge in [-0.25, -0.2) is 4.79 Å². The van der Waals surface area contributed by atoms with Crippen LogP contribution in [0.15, 0.2) is 48.5 Å². The average molecular weight is 409 g/mol. The van der Waals surface area contributed by atoms with E-state index in [2.05, 4.69) is 17.1 Å². The van der Waals surface area contributed by atoms with Crippen molar-refractivity contribution in [1.29, 1.82) is 0 Å². The lowest BCUT2D eigenvalue weighted by Crippen LogP contribution is -2.40. The Hall–Kier alpha value is -2.73. The maximum Gasteiger partial charge on any atom is 0.337 e. The van der Waals surface area contributed by atoms with Crippen molar-refractivity contribution in [3.8, 4) is 0 Å². The number of amides is 1.